The predicted molar refractivity (Wildman–Crippen MR) is 233 cm³/mol. The first-order valence-electron chi connectivity index (χ1n) is 24.4. The lowest BCUT2D eigenvalue weighted by molar-refractivity contribution is -0.340. The number of hydrogen-bond donors (Lipinski definition) is 7. The van der Waals surface area contributed by atoms with Gasteiger partial charge in [0.25, 0.3) is 0 Å². The number of carbonyl (C=O) groups is 3. The van der Waals surface area contributed by atoms with Crippen LogP contribution in [0, 0.1) is 79.3 Å². The number of aldehydes is 1. The molecule has 7 fully saturated rings. The Morgan fingerprint density at radius 2 is 1.78 bits per heavy atom. The van der Waals surface area contributed by atoms with Gasteiger partial charge in [0.15, 0.2) is 12.4 Å². The van der Waals surface area contributed by atoms with E-state index in [0.717, 1.165) is 90.1 Å². The number of aliphatic hydroxyl groups excluding tert-OH is 3. The second-order valence-electron chi connectivity index (χ2n) is 23.3. The number of allylic oxidation sites excluding steroid dienone is 4. The van der Waals surface area contributed by atoms with Crippen molar-refractivity contribution in [2.24, 2.45) is 79.3 Å². The lowest BCUT2D eigenvalue weighted by Gasteiger charge is -2.81. The summed E-state index contributed by atoms with van der Waals surface area (Å²) in [5.74, 6) is -1.14. The third-order valence-corrected chi connectivity index (χ3v) is 20.6. The number of aliphatic hydroxyl groups is 3. The van der Waals surface area contributed by atoms with Crippen molar-refractivity contribution in [3.8, 4) is 0 Å². The lowest BCUT2D eigenvalue weighted by Crippen LogP contribution is -2.76. The molecule has 9 rings (SSSR count). The van der Waals surface area contributed by atoms with E-state index in [-0.39, 0.29) is 63.1 Å². The van der Waals surface area contributed by atoms with E-state index in [4.69, 9.17) is 14.2 Å². The quantitative estimate of drug-likeness (QED) is 0.0535. The van der Waals surface area contributed by atoms with Gasteiger partial charge in [0.05, 0.1) is 18.1 Å². The highest BCUT2D eigenvalue weighted by atomic mass is 16.7. The van der Waals surface area contributed by atoms with Gasteiger partial charge in [-0.05, 0) is 141 Å². The second-order valence-corrected chi connectivity index (χ2v) is 23.3. The Balaban J connectivity index is 1.22. The van der Waals surface area contributed by atoms with Gasteiger partial charge in [0.2, 0.25) is 0 Å². The fourth-order valence-corrected chi connectivity index (χ4v) is 18.9. The average Bonchev–Trinajstić information content (AvgIpc) is 3.22. The largest absolute Gasteiger partial charge is 0.481 e. The molecule has 8 aliphatic carbocycles. The van der Waals surface area contributed by atoms with Gasteiger partial charge in [-0.3, -0.25) is 4.79 Å². The first-order valence-corrected chi connectivity index (χ1v) is 24.4. The van der Waals surface area contributed by atoms with Crippen LogP contribution in [0.3, 0.4) is 0 Å². The number of nitrogens with one attached hydrogen (secondary N) is 2. The number of methoxy groups -OCH3 is 1. The maximum Gasteiger partial charge on any atom is 0.335 e. The van der Waals surface area contributed by atoms with Crippen LogP contribution in [0.25, 0.3) is 0 Å². The third-order valence-electron chi connectivity index (χ3n) is 20.6. The SMILES string of the molecule is CNCCNC[C@H]1C[C@H]2C=C3[C@@]45C=CC[C@@](C)(C[C@@H](COC)[C@]4(C(=O)O)C[C@H]4CCC[C@]6(CC[C@H]7C(C)(C)[C@@H](O[C@@H]8O[C@H](C(=O)O)[C@@H](O)[C@H](O)[C@H]8O)C[C@@H]1[C@]7(C)[C@@H]26)[C@@]34CCC=O)C5. The molecular formula is C50H76N2O11. The van der Waals surface area contributed by atoms with Crippen molar-refractivity contribution in [2.75, 3.05) is 40.4 Å². The molecule has 0 aromatic rings. The van der Waals surface area contributed by atoms with Gasteiger partial charge in [-0.1, -0.05) is 57.9 Å². The van der Waals surface area contributed by atoms with Crippen molar-refractivity contribution >= 4 is 18.2 Å². The highest BCUT2D eigenvalue weighted by molar-refractivity contribution is 5.80. The molecular weight excluding hydrogens is 805 g/mol. The molecule has 0 radical (unpaired) electrons. The summed E-state index contributed by atoms with van der Waals surface area (Å²) in [5, 5.41) is 61.5. The van der Waals surface area contributed by atoms with E-state index in [0.29, 0.717) is 25.9 Å². The minimum Gasteiger partial charge on any atom is -0.481 e. The van der Waals surface area contributed by atoms with Gasteiger partial charge in [-0.25, -0.2) is 4.79 Å². The summed E-state index contributed by atoms with van der Waals surface area (Å²) in [7, 11) is 3.67. The second kappa shape index (κ2) is 15.9. The maximum atomic E-state index is 14.5. The van der Waals surface area contributed by atoms with Crippen LogP contribution in [-0.4, -0.2) is 121 Å². The minimum absolute atomic E-state index is 0.0766. The van der Waals surface area contributed by atoms with E-state index in [1.54, 1.807) is 7.11 Å². The van der Waals surface area contributed by atoms with Crippen LogP contribution in [0.2, 0.25) is 0 Å². The number of likely N-dealkylation sites (N-methyl/N-ethyl adjacent to an activating group) is 1. The van der Waals surface area contributed by atoms with Gasteiger partial charge in [-0.2, -0.15) is 0 Å². The van der Waals surface area contributed by atoms with Gasteiger partial charge < -0.3 is 55.2 Å². The fourth-order valence-electron chi connectivity index (χ4n) is 18.9. The molecule has 9 aliphatic rings. The van der Waals surface area contributed by atoms with Crippen molar-refractivity contribution < 1.29 is 54.1 Å². The molecule has 1 saturated heterocycles. The molecule has 2 bridgehead atoms. The molecule has 1 heterocycles. The van der Waals surface area contributed by atoms with E-state index in [1.807, 2.05) is 7.05 Å². The van der Waals surface area contributed by atoms with E-state index < -0.39 is 65.0 Å². The molecule has 0 unspecified atom stereocenters. The van der Waals surface area contributed by atoms with Crippen LogP contribution < -0.4 is 10.6 Å². The molecule has 2 spiro atoms. The Hall–Kier alpha value is -2.23. The summed E-state index contributed by atoms with van der Waals surface area (Å²) in [6, 6.07) is 0. The molecule has 1 aliphatic heterocycles. The van der Waals surface area contributed by atoms with Crippen molar-refractivity contribution in [1.82, 2.24) is 10.6 Å². The van der Waals surface area contributed by atoms with Crippen molar-refractivity contribution in [3.05, 3.63) is 23.8 Å². The smallest absolute Gasteiger partial charge is 0.335 e. The van der Waals surface area contributed by atoms with Crippen LogP contribution in [0.15, 0.2) is 23.8 Å². The number of carboxylic acid groups (broad SMARTS) is 2. The first kappa shape index (κ1) is 45.9. The molecule has 0 aromatic heterocycles. The number of rotatable bonds is 14. The summed E-state index contributed by atoms with van der Waals surface area (Å²) in [5.41, 5.74) is -1.60. The average molecular weight is 881 g/mol. The van der Waals surface area contributed by atoms with Crippen LogP contribution in [-0.2, 0) is 28.6 Å². The summed E-state index contributed by atoms with van der Waals surface area (Å²) in [6.07, 6.45) is 10.4. The maximum absolute atomic E-state index is 14.5. The van der Waals surface area contributed by atoms with Crippen LogP contribution in [0.1, 0.15) is 111 Å². The normalized spacial score (nSPS) is 51.2. The van der Waals surface area contributed by atoms with Crippen molar-refractivity contribution in [3.63, 3.8) is 0 Å². The van der Waals surface area contributed by atoms with E-state index >= 15 is 0 Å². The summed E-state index contributed by atoms with van der Waals surface area (Å²) < 4.78 is 18.5. The van der Waals surface area contributed by atoms with Crippen molar-refractivity contribution in [2.45, 2.75) is 148 Å². The molecule has 0 amide bonds. The Morgan fingerprint density at radius 1 is 1.00 bits per heavy atom. The zero-order valence-corrected chi connectivity index (χ0v) is 38.5. The van der Waals surface area contributed by atoms with Gasteiger partial charge in [0.1, 0.15) is 24.6 Å². The Bertz CT molecular complexity index is 1870. The Morgan fingerprint density at radius 3 is 2.48 bits per heavy atom. The van der Waals surface area contributed by atoms with Crippen molar-refractivity contribution in [1.29, 1.82) is 0 Å². The molecule has 13 nitrogen and oxygen atoms in total. The molecule has 352 valence electrons. The topological polar surface area (TPSA) is 204 Å². The number of ether oxygens (including phenoxy) is 3. The number of carboxylic acids is 2. The van der Waals surface area contributed by atoms with Crippen LogP contribution >= 0.6 is 0 Å². The van der Waals surface area contributed by atoms with E-state index in [2.05, 4.69) is 56.6 Å². The minimum atomic E-state index is -1.80. The highest BCUT2D eigenvalue weighted by Gasteiger charge is 2.81. The van der Waals surface area contributed by atoms with Gasteiger partial charge in [0, 0.05) is 43.4 Å². The Labute approximate surface area is 373 Å². The number of aliphatic carboxylic acids is 2. The molecule has 13 heteroatoms. The van der Waals surface area contributed by atoms with Gasteiger partial charge in [-0.15, -0.1) is 0 Å². The predicted octanol–water partition coefficient (Wildman–Crippen LogP) is 4.96. The molecule has 63 heavy (non-hydrogen) atoms. The number of hydrogen-bond acceptors (Lipinski definition) is 11. The summed E-state index contributed by atoms with van der Waals surface area (Å²) in [4.78, 5) is 39.5. The monoisotopic (exact) mass is 881 g/mol. The molecule has 7 N–H and O–H groups in total. The lowest BCUT2D eigenvalue weighted by atomic mass is 9.22. The van der Waals surface area contributed by atoms with Gasteiger partial charge >= 0.3 is 11.9 Å². The Kier molecular flexibility index (Phi) is 11.6. The molecule has 0 aromatic carbocycles. The molecule has 6 saturated carbocycles. The first-order chi connectivity index (χ1) is 29.9. The van der Waals surface area contributed by atoms with E-state index in [9.17, 15) is 39.9 Å². The summed E-state index contributed by atoms with van der Waals surface area (Å²) in [6.45, 7) is 12.3. The van der Waals surface area contributed by atoms with Crippen LogP contribution in [0.4, 0.5) is 0 Å². The zero-order chi connectivity index (χ0) is 45.1. The summed E-state index contributed by atoms with van der Waals surface area (Å²) >= 11 is 0. The number of fused-ring (bicyclic) bond motifs is 1. The number of carbonyl (C=O) groups excluding carboxylic acids is 1. The van der Waals surface area contributed by atoms with Crippen LogP contribution in [0.5, 0.6) is 0 Å². The standard InChI is InChI=1S/C50H76N2O11/c1-44(2)33-11-16-47-13-7-10-30-24-50(43(59)60)31(26-61-6)23-45(3)12-8-14-48(50,27-45)34(49(30,47)15-9-19-53)21-28-20-29(25-52-18-17-51-5)32(46(33,4)40(28)47)22-35(44)62-42-38(56)36(54)37(55)39(63-42)41(57)58/h8,14,19,21,28-33,35-40,42,51-52,54-56H,7,9-13,15-18,20,22-27H2,1-6H3,(H,57,58)(H,59,60)/t28-,29+,30+,31-,32-,33-,35-,36-,37-,38+,39-,40+,42+,45-,46-,47+,48-,49+,50-/m0/s1. The molecule has 19 atom stereocenters. The third kappa shape index (κ3) is 6.10. The highest BCUT2D eigenvalue weighted by Crippen LogP contribution is 2.86. The fraction of sp³-hybridized carbons (Fsp3) is 0.860. The van der Waals surface area contributed by atoms with E-state index in [1.165, 1.54) is 5.57 Å². The zero-order valence-electron chi connectivity index (χ0n) is 38.5.